The quantitative estimate of drug-likeness (QED) is 0.668. The molecule has 21 heavy (non-hydrogen) atoms. The fourth-order valence-electron chi connectivity index (χ4n) is 1.75. The number of phenolic OH excluding ortho intramolecular Hbond substituents is 2. The number of ketones is 1. The van der Waals surface area contributed by atoms with Crippen LogP contribution in [0.25, 0.3) is 6.08 Å². The van der Waals surface area contributed by atoms with E-state index in [1.165, 1.54) is 49.6 Å². The number of ether oxygens (including phenoxy) is 1. The van der Waals surface area contributed by atoms with Crippen LogP contribution in [0, 0.1) is 0 Å². The lowest BCUT2D eigenvalue weighted by Crippen LogP contribution is -1.93. The Labute approximate surface area is 126 Å². The van der Waals surface area contributed by atoms with Gasteiger partial charge in [-0.2, -0.15) is 0 Å². The monoisotopic (exact) mass is 304 g/mol. The first-order valence-electron chi connectivity index (χ1n) is 6.09. The van der Waals surface area contributed by atoms with Gasteiger partial charge < -0.3 is 14.9 Å². The second kappa shape index (κ2) is 6.33. The molecule has 2 rings (SSSR count). The highest BCUT2D eigenvalue weighted by molar-refractivity contribution is 6.32. The Morgan fingerprint density at radius 2 is 1.86 bits per heavy atom. The highest BCUT2D eigenvalue weighted by atomic mass is 35.5. The molecule has 0 aliphatic heterocycles. The summed E-state index contributed by atoms with van der Waals surface area (Å²) in [5.41, 5.74) is 1.03. The third kappa shape index (κ3) is 3.55. The van der Waals surface area contributed by atoms with Crippen LogP contribution in [0.4, 0.5) is 0 Å². The van der Waals surface area contributed by atoms with E-state index in [2.05, 4.69) is 0 Å². The van der Waals surface area contributed by atoms with E-state index in [0.29, 0.717) is 16.9 Å². The van der Waals surface area contributed by atoms with Crippen molar-refractivity contribution >= 4 is 23.5 Å². The third-order valence-electron chi connectivity index (χ3n) is 2.87. The molecule has 0 heterocycles. The molecule has 0 fully saturated rings. The van der Waals surface area contributed by atoms with Gasteiger partial charge in [0.2, 0.25) is 0 Å². The topological polar surface area (TPSA) is 66.8 Å². The van der Waals surface area contributed by atoms with Crippen molar-refractivity contribution in [1.29, 1.82) is 0 Å². The molecule has 0 atom stereocenters. The van der Waals surface area contributed by atoms with E-state index in [9.17, 15) is 15.0 Å². The molecule has 0 unspecified atom stereocenters. The lowest BCUT2D eigenvalue weighted by molar-refractivity contribution is 0.104. The maximum Gasteiger partial charge on any atom is 0.185 e. The number of methoxy groups -OCH3 is 1. The molecule has 0 aliphatic rings. The first-order chi connectivity index (χ1) is 10.0. The van der Waals surface area contributed by atoms with Crippen molar-refractivity contribution in [3.05, 3.63) is 58.6 Å². The lowest BCUT2D eigenvalue weighted by atomic mass is 10.1. The molecule has 2 N–H and O–H groups in total. The van der Waals surface area contributed by atoms with E-state index in [-0.39, 0.29) is 22.3 Å². The molecule has 108 valence electrons. The number of benzene rings is 2. The minimum atomic E-state index is -0.221. The van der Waals surface area contributed by atoms with Gasteiger partial charge in [0, 0.05) is 17.2 Å². The van der Waals surface area contributed by atoms with Crippen molar-refractivity contribution in [2.45, 2.75) is 0 Å². The number of aromatic hydroxyl groups is 2. The van der Waals surface area contributed by atoms with Crippen molar-refractivity contribution in [2.24, 2.45) is 0 Å². The molecule has 0 aromatic heterocycles. The molecule has 5 heteroatoms. The average Bonchev–Trinajstić information content (AvgIpc) is 2.48. The normalized spacial score (nSPS) is 10.8. The first kappa shape index (κ1) is 14.9. The summed E-state index contributed by atoms with van der Waals surface area (Å²) >= 11 is 5.84. The van der Waals surface area contributed by atoms with Gasteiger partial charge in [0.25, 0.3) is 0 Å². The Bertz CT molecular complexity index is 690. The predicted molar refractivity (Wildman–Crippen MR) is 81.1 cm³/mol. The third-order valence-corrected chi connectivity index (χ3v) is 3.17. The van der Waals surface area contributed by atoms with E-state index >= 15 is 0 Å². The highest BCUT2D eigenvalue weighted by Crippen LogP contribution is 2.32. The van der Waals surface area contributed by atoms with Crippen LogP contribution in [0.3, 0.4) is 0 Å². The SMILES string of the molecule is COc1cc(O)c(Cl)cc1/C=C/C(=O)c1ccc(O)cc1. The Balaban J connectivity index is 2.26. The molecule has 0 saturated carbocycles. The van der Waals surface area contributed by atoms with Crippen LogP contribution < -0.4 is 4.74 Å². The fourth-order valence-corrected chi connectivity index (χ4v) is 1.92. The van der Waals surface area contributed by atoms with Gasteiger partial charge in [0.05, 0.1) is 12.1 Å². The molecule has 4 nitrogen and oxygen atoms in total. The van der Waals surface area contributed by atoms with E-state index in [4.69, 9.17) is 16.3 Å². The first-order valence-corrected chi connectivity index (χ1v) is 6.47. The molecule has 0 radical (unpaired) electrons. The Morgan fingerprint density at radius 3 is 2.48 bits per heavy atom. The van der Waals surface area contributed by atoms with Crippen molar-refractivity contribution in [3.63, 3.8) is 0 Å². The number of rotatable bonds is 4. The number of hydrogen-bond donors (Lipinski definition) is 2. The molecular formula is C16H13ClO4. The molecule has 0 spiro atoms. The minimum absolute atomic E-state index is 0.0875. The standard InChI is InChI=1S/C16H13ClO4/c1-21-16-9-15(20)13(17)8-11(16)4-7-14(19)10-2-5-12(18)6-3-10/h2-9,18,20H,1H3/b7-4+. The van der Waals surface area contributed by atoms with Gasteiger partial charge in [-0.15, -0.1) is 0 Å². The van der Waals surface area contributed by atoms with Crippen molar-refractivity contribution < 1.29 is 19.7 Å². The van der Waals surface area contributed by atoms with Gasteiger partial charge in [-0.05, 0) is 42.5 Å². The van der Waals surface area contributed by atoms with Crippen LogP contribution >= 0.6 is 11.6 Å². The van der Waals surface area contributed by atoms with E-state index in [1.54, 1.807) is 6.08 Å². The molecule has 2 aromatic carbocycles. The zero-order valence-electron chi connectivity index (χ0n) is 11.2. The number of carbonyl (C=O) groups is 1. The maximum absolute atomic E-state index is 12.0. The zero-order chi connectivity index (χ0) is 15.4. The predicted octanol–water partition coefficient (Wildman–Crippen LogP) is 3.66. The summed E-state index contributed by atoms with van der Waals surface area (Å²) in [5.74, 6) is 0.200. The summed E-state index contributed by atoms with van der Waals surface area (Å²) in [7, 11) is 1.46. The number of carbonyl (C=O) groups excluding carboxylic acids is 1. The second-order valence-corrected chi connectivity index (χ2v) is 4.70. The van der Waals surface area contributed by atoms with Gasteiger partial charge in [0.1, 0.15) is 17.2 Å². The van der Waals surface area contributed by atoms with Crippen LogP contribution in [0.5, 0.6) is 17.2 Å². The van der Waals surface area contributed by atoms with Gasteiger partial charge in [0.15, 0.2) is 5.78 Å². The van der Waals surface area contributed by atoms with Gasteiger partial charge in [-0.1, -0.05) is 11.6 Å². The second-order valence-electron chi connectivity index (χ2n) is 4.29. The number of phenols is 2. The van der Waals surface area contributed by atoms with E-state index < -0.39 is 0 Å². The van der Waals surface area contributed by atoms with Crippen LogP contribution in [0.15, 0.2) is 42.5 Å². The van der Waals surface area contributed by atoms with Gasteiger partial charge >= 0.3 is 0 Å². The van der Waals surface area contributed by atoms with Crippen LogP contribution in [0.2, 0.25) is 5.02 Å². The largest absolute Gasteiger partial charge is 0.508 e. The summed E-state index contributed by atoms with van der Waals surface area (Å²) in [6, 6.07) is 8.84. The number of halogens is 1. The van der Waals surface area contributed by atoms with Crippen molar-refractivity contribution in [2.75, 3.05) is 7.11 Å². The number of allylic oxidation sites excluding steroid dienone is 1. The summed E-state index contributed by atoms with van der Waals surface area (Å²) in [6.07, 6.45) is 2.93. The molecular weight excluding hydrogens is 292 g/mol. The van der Waals surface area contributed by atoms with E-state index in [0.717, 1.165) is 0 Å². The summed E-state index contributed by atoms with van der Waals surface area (Å²) in [4.78, 5) is 12.0. The summed E-state index contributed by atoms with van der Waals surface area (Å²) in [5, 5.41) is 18.9. The van der Waals surface area contributed by atoms with Gasteiger partial charge in [-0.25, -0.2) is 0 Å². The average molecular weight is 305 g/mol. The van der Waals surface area contributed by atoms with Gasteiger partial charge in [-0.3, -0.25) is 4.79 Å². The Morgan fingerprint density at radius 1 is 1.19 bits per heavy atom. The molecule has 0 aliphatic carbocycles. The maximum atomic E-state index is 12.0. The zero-order valence-corrected chi connectivity index (χ0v) is 12.0. The molecule has 0 amide bonds. The van der Waals surface area contributed by atoms with Crippen molar-refractivity contribution in [1.82, 2.24) is 0 Å². The summed E-state index contributed by atoms with van der Waals surface area (Å²) < 4.78 is 5.12. The van der Waals surface area contributed by atoms with Crippen molar-refractivity contribution in [3.8, 4) is 17.2 Å². The highest BCUT2D eigenvalue weighted by Gasteiger charge is 2.07. The fraction of sp³-hybridized carbons (Fsp3) is 0.0625. The van der Waals surface area contributed by atoms with E-state index in [1.807, 2.05) is 0 Å². The summed E-state index contributed by atoms with van der Waals surface area (Å²) in [6.45, 7) is 0. The van der Waals surface area contributed by atoms with Crippen LogP contribution in [-0.2, 0) is 0 Å². The Hall–Kier alpha value is -2.46. The molecule has 0 bridgehead atoms. The molecule has 0 saturated heterocycles. The molecule has 2 aromatic rings. The number of hydrogen-bond acceptors (Lipinski definition) is 4. The smallest absolute Gasteiger partial charge is 0.185 e. The lowest BCUT2D eigenvalue weighted by Gasteiger charge is -2.06. The minimum Gasteiger partial charge on any atom is -0.508 e. The Kier molecular flexibility index (Phi) is 4.50. The van der Waals surface area contributed by atoms with Crippen LogP contribution in [-0.4, -0.2) is 23.1 Å². The van der Waals surface area contributed by atoms with Crippen LogP contribution in [0.1, 0.15) is 15.9 Å².